The summed E-state index contributed by atoms with van der Waals surface area (Å²) in [5.41, 5.74) is 3.88. The molecule has 0 radical (unpaired) electrons. The number of benzene rings is 1. The van der Waals surface area contributed by atoms with Crippen molar-refractivity contribution in [3.05, 3.63) is 34.9 Å². The Morgan fingerprint density at radius 2 is 2.31 bits per heavy atom. The lowest BCUT2D eigenvalue weighted by Crippen LogP contribution is -1.92. The van der Waals surface area contributed by atoms with Crippen molar-refractivity contribution in [2.45, 2.75) is 38.7 Å². The van der Waals surface area contributed by atoms with Crippen LogP contribution >= 0.6 is 0 Å². The van der Waals surface area contributed by atoms with Gasteiger partial charge >= 0.3 is 0 Å². The van der Waals surface area contributed by atoms with E-state index in [1.54, 1.807) is 0 Å². The molecule has 2 rings (SSSR count). The fourth-order valence-corrected chi connectivity index (χ4v) is 2.07. The number of aliphatic hydroxyl groups is 1. The minimum atomic E-state index is -0.202. The molecule has 1 unspecified atom stereocenters. The number of aliphatic hydroxyl groups excluding tert-OH is 1. The maximum Gasteiger partial charge on any atom is 0.0796 e. The van der Waals surface area contributed by atoms with Gasteiger partial charge in [-0.2, -0.15) is 0 Å². The summed E-state index contributed by atoms with van der Waals surface area (Å²) in [6.07, 6.45) is 4.05. The number of fused-ring (bicyclic) bond motifs is 1. The van der Waals surface area contributed by atoms with Crippen LogP contribution in [0.25, 0.3) is 0 Å². The Morgan fingerprint density at radius 3 is 3.08 bits per heavy atom. The Balaban J connectivity index is 2.31. The molecule has 0 aromatic heterocycles. The van der Waals surface area contributed by atoms with Crippen molar-refractivity contribution < 1.29 is 5.11 Å². The second-order valence-electron chi connectivity index (χ2n) is 3.84. The van der Waals surface area contributed by atoms with Crippen molar-refractivity contribution in [3.63, 3.8) is 0 Å². The predicted molar refractivity (Wildman–Crippen MR) is 53.7 cm³/mol. The second-order valence-corrected chi connectivity index (χ2v) is 3.84. The molecule has 0 spiro atoms. The van der Waals surface area contributed by atoms with Crippen LogP contribution in [-0.4, -0.2) is 5.11 Å². The van der Waals surface area contributed by atoms with E-state index in [9.17, 15) is 5.11 Å². The Bertz CT molecular complexity index is 304. The van der Waals surface area contributed by atoms with E-state index < -0.39 is 0 Å². The average Bonchev–Trinajstić information content (AvgIpc) is 2.49. The lowest BCUT2D eigenvalue weighted by Gasteiger charge is -2.06. The number of hydrogen-bond acceptors (Lipinski definition) is 1. The first-order chi connectivity index (χ1) is 6.31. The number of rotatable bonds is 2. The molecule has 1 aliphatic carbocycles. The third-order valence-electron chi connectivity index (χ3n) is 2.80. The van der Waals surface area contributed by atoms with Gasteiger partial charge in [0.15, 0.2) is 0 Å². The Kier molecular flexibility index (Phi) is 2.36. The van der Waals surface area contributed by atoms with Crippen molar-refractivity contribution in [2.75, 3.05) is 0 Å². The van der Waals surface area contributed by atoms with Gasteiger partial charge in [0.05, 0.1) is 6.10 Å². The predicted octanol–water partition coefficient (Wildman–Crippen LogP) is 2.62. The molecule has 1 aliphatic rings. The lowest BCUT2D eigenvalue weighted by atomic mass is 10.0. The van der Waals surface area contributed by atoms with Crippen molar-refractivity contribution in [1.82, 2.24) is 0 Å². The van der Waals surface area contributed by atoms with Gasteiger partial charge in [0, 0.05) is 0 Å². The van der Waals surface area contributed by atoms with Crippen LogP contribution in [0.4, 0.5) is 0 Å². The topological polar surface area (TPSA) is 20.2 Å². The number of hydrogen-bond donors (Lipinski definition) is 1. The largest absolute Gasteiger partial charge is 0.388 e. The van der Waals surface area contributed by atoms with E-state index in [2.05, 4.69) is 25.1 Å². The molecule has 0 saturated carbocycles. The van der Waals surface area contributed by atoms with Gasteiger partial charge in [-0.05, 0) is 36.0 Å². The minimum Gasteiger partial charge on any atom is -0.388 e. The van der Waals surface area contributed by atoms with Gasteiger partial charge in [-0.1, -0.05) is 31.5 Å². The van der Waals surface area contributed by atoms with E-state index in [1.807, 2.05) is 0 Å². The molecule has 1 N–H and O–H groups in total. The highest BCUT2D eigenvalue weighted by atomic mass is 16.3. The van der Waals surface area contributed by atoms with E-state index in [1.165, 1.54) is 23.1 Å². The Morgan fingerprint density at radius 1 is 1.46 bits per heavy atom. The van der Waals surface area contributed by atoms with Gasteiger partial charge in [-0.3, -0.25) is 0 Å². The Labute approximate surface area is 79.4 Å². The minimum absolute atomic E-state index is 0.202. The van der Waals surface area contributed by atoms with Crippen molar-refractivity contribution in [2.24, 2.45) is 0 Å². The molecule has 0 fully saturated rings. The summed E-state index contributed by atoms with van der Waals surface area (Å²) in [6, 6.07) is 6.55. The van der Waals surface area contributed by atoms with Crippen LogP contribution < -0.4 is 0 Å². The summed E-state index contributed by atoms with van der Waals surface area (Å²) in [6.45, 7) is 2.18. The first-order valence-electron chi connectivity index (χ1n) is 5.11. The van der Waals surface area contributed by atoms with Crippen molar-refractivity contribution >= 4 is 0 Å². The van der Waals surface area contributed by atoms with E-state index in [0.717, 1.165) is 19.3 Å². The molecular formula is C12H16O. The molecule has 1 aromatic carbocycles. The molecule has 1 heteroatoms. The second kappa shape index (κ2) is 3.51. The van der Waals surface area contributed by atoms with Gasteiger partial charge in [0.1, 0.15) is 0 Å². The first kappa shape index (κ1) is 8.76. The van der Waals surface area contributed by atoms with Crippen LogP contribution in [0.3, 0.4) is 0 Å². The molecule has 1 nitrogen and oxygen atoms in total. The van der Waals surface area contributed by atoms with Crippen LogP contribution in [0.1, 0.15) is 42.6 Å². The molecule has 70 valence electrons. The van der Waals surface area contributed by atoms with Crippen LogP contribution in [0, 0.1) is 0 Å². The maximum absolute atomic E-state index is 9.67. The molecule has 1 atom stereocenters. The summed E-state index contributed by atoms with van der Waals surface area (Å²) < 4.78 is 0. The normalized spacial score (nSPS) is 20.3. The van der Waals surface area contributed by atoms with Crippen LogP contribution in [0.15, 0.2) is 18.2 Å². The molecule has 0 bridgehead atoms. The molecule has 0 saturated heterocycles. The average molecular weight is 176 g/mol. The fraction of sp³-hybridized carbons (Fsp3) is 0.500. The van der Waals surface area contributed by atoms with E-state index in [4.69, 9.17) is 0 Å². The SMILES string of the molecule is CCCc1ccc2c(c1)C(O)CC2. The summed E-state index contributed by atoms with van der Waals surface area (Å²) >= 11 is 0. The molecule has 0 aliphatic heterocycles. The Hall–Kier alpha value is -0.820. The van der Waals surface area contributed by atoms with Crippen molar-refractivity contribution in [3.8, 4) is 0 Å². The van der Waals surface area contributed by atoms with E-state index >= 15 is 0 Å². The van der Waals surface area contributed by atoms with Gasteiger partial charge in [0.2, 0.25) is 0 Å². The molecular weight excluding hydrogens is 160 g/mol. The third kappa shape index (κ3) is 1.61. The molecule has 13 heavy (non-hydrogen) atoms. The van der Waals surface area contributed by atoms with Gasteiger partial charge in [0.25, 0.3) is 0 Å². The van der Waals surface area contributed by atoms with E-state index in [-0.39, 0.29) is 6.10 Å². The highest BCUT2D eigenvalue weighted by molar-refractivity contribution is 5.37. The quantitative estimate of drug-likeness (QED) is 0.734. The first-order valence-corrected chi connectivity index (χ1v) is 5.11. The van der Waals surface area contributed by atoms with Crippen LogP contribution in [-0.2, 0) is 12.8 Å². The van der Waals surface area contributed by atoms with Crippen LogP contribution in [0.2, 0.25) is 0 Å². The van der Waals surface area contributed by atoms with Gasteiger partial charge in [-0.15, -0.1) is 0 Å². The molecule has 0 amide bonds. The smallest absolute Gasteiger partial charge is 0.0796 e. The maximum atomic E-state index is 9.67. The van der Waals surface area contributed by atoms with Gasteiger partial charge in [-0.25, -0.2) is 0 Å². The molecule has 0 heterocycles. The zero-order valence-corrected chi connectivity index (χ0v) is 8.09. The van der Waals surface area contributed by atoms with E-state index in [0.29, 0.717) is 0 Å². The third-order valence-corrected chi connectivity index (χ3v) is 2.80. The standard InChI is InChI=1S/C12H16O/c1-2-3-9-4-5-10-6-7-12(13)11(10)8-9/h4-5,8,12-13H,2-3,6-7H2,1H3. The van der Waals surface area contributed by atoms with Gasteiger partial charge < -0.3 is 5.11 Å². The molecule has 1 aromatic rings. The number of aryl methyl sites for hydroxylation is 2. The summed E-state index contributed by atoms with van der Waals surface area (Å²) in [5.74, 6) is 0. The summed E-state index contributed by atoms with van der Waals surface area (Å²) in [4.78, 5) is 0. The zero-order chi connectivity index (χ0) is 9.26. The monoisotopic (exact) mass is 176 g/mol. The lowest BCUT2D eigenvalue weighted by molar-refractivity contribution is 0.180. The van der Waals surface area contributed by atoms with Crippen LogP contribution in [0.5, 0.6) is 0 Å². The summed E-state index contributed by atoms with van der Waals surface area (Å²) in [5, 5.41) is 9.67. The van der Waals surface area contributed by atoms with Crippen molar-refractivity contribution in [1.29, 1.82) is 0 Å². The fourth-order valence-electron chi connectivity index (χ4n) is 2.07. The highest BCUT2D eigenvalue weighted by Crippen LogP contribution is 2.31. The highest BCUT2D eigenvalue weighted by Gasteiger charge is 2.19. The zero-order valence-electron chi connectivity index (χ0n) is 8.09. The summed E-state index contributed by atoms with van der Waals surface area (Å²) in [7, 11) is 0.